The van der Waals surface area contributed by atoms with Crippen molar-refractivity contribution >= 4 is 62.3 Å². The minimum Gasteiger partial charge on any atom is -0.357 e. The Morgan fingerprint density at radius 1 is 0.895 bits per heavy atom. The van der Waals surface area contributed by atoms with E-state index in [1.54, 1.807) is 0 Å². The SMILES string of the molecule is CNC(=O)[C@@H](Cc1ccccc1)N(Cc1cccc(C)c1)C(=O)CN(c1cc(Cl)c(Cl)cc1Cl)S(C)(=O)=O. The molecule has 0 unspecified atom stereocenters. The normalized spacial score (nSPS) is 12.1. The molecule has 0 radical (unpaired) electrons. The molecule has 3 aromatic carbocycles. The number of rotatable bonds is 10. The van der Waals surface area contributed by atoms with Gasteiger partial charge in [0, 0.05) is 20.0 Å². The van der Waals surface area contributed by atoms with E-state index in [4.69, 9.17) is 34.8 Å². The summed E-state index contributed by atoms with van der Waals surface area (Å²) in [4.78, 5) is 28.4. The van der Waals surface area contributed by atoms with Crippen molar-refractivity contribution in [1.29, 1.82) is 0 Å². The van der Waals surface area contributed by atoms with Crippen molar-refractivity contribution in [3.8, 4) is 0 Å². The van der Waals surface area contributed by atoms with Gasteiger partial charge in [-0.3, -0.25) is 13.9 Å². The van der Waals surface area contributed by atoms with Crippen LogP contribution in [0.15, 0.2) is 66.7 Å². The number of hydrogen-bond donors (Lipinski definition) is 1. The van der Waals surface area contributed by atoms with Gasteiger partial charge in [0.1, 0.15) is 12.6 Å². The number of benzene rings is 3. The van der Waals surface area contributed by atoms with E-state index in [0.29, 0.717) is 0 Å². The lowest BCUT2D eigenvalue weighted by Gasteiger charge is -2.33. The summed E-state index contributed by atoms with van der Waals surface area (Å²) in [6.07, 6.45) is 1.19. The van der Waals surface area contributed by atoms with E-state index in [2.05, 4.69) is 5.32 Å². The van der Waals surface area contributed by atoms with Gasteiger partial charge in [0.25, 0.3) is 0 Å². The highest BCUT2D eigenvalue weighted by molar-refractivity contribution is 7.92. The standard InChI is InChI=1S/C27H28Cl3N3O4S/c1-18-8-7-11-20(12-18)16-32(25(27(35)31-2)13-19-9-5-4-6-10-19)26(34)17-33(38(3,36)37)24-15-22(29)21(28)14-23(24)30/h4-12,14-15,25H,13,16-17H2,1-3H3,(H,31,35)/t25-/m1/s1. The van der Waals surface area contributed by atoms with Crippen LogP contribution in [0.5, 0.6) is 0 Å². The number of anilines is 1. The van der Waals surface area contributed by atoms with Crippen LogP contribution in [0.2, 0.25) is 15.1 Å². The lowest BCUT2D eigenvalue weighted by atomic mass is 10.0. The maximum atomic E-state index is 13.9. The van der Waals surface area contributed by atoms with Gasteiger partial charge >= 0.3 is 0 Å². The molecule has 7 nitrogen and oxygen atoms in total. The third kappa shape index (κ3) is 7.63. The second kappa shape index (κ2) is 12.8. The highest BCUT2D eigenvalue weighted by atomic mass is 35.5. The Labute approximate surface area is 238 Å². The number of hydrogen-bond acceptors (Lipinski definition) is 4. The minimum absolute atomic E-state index is 0.00646. The maximum absolute atomic E-state index is 13.9. The van der Waals surface area contributed by atoms with Crippen molar-refractivity contribution in [1.82, 2.24) is 10.2 Å². The fourth-order valence-corrected chi connectivity index (χ4v) is 5.57. The first kappa shape index (κ1) is 29.8. The van der Waals surface area contributed by atoms with Crippen LogP contribution in [0.4, 0.5) is 5.69 Å². The van der Waals surface area contributed by atoms with E-state index in [1.165, 1.54) is 24.1 Å². The Morgan fingerprint density at radius 3 is 2.13 bits per heavy atom. The van der Waals surface area contributed by atoms with Gasteiger partial charge in [0.15, 0.2) is 0 Å². The van der Waals surface area contributed by atoms with Crippen molar-refractivity contribution in [2.24, 2.45) is 0 Å². The summed E-state index contributed by atoms with van der Waals surface area (Å²) in [6.45, 7) is 1.40. The summed E-state index contributed by atoms with van der Waals surface area (Å²) >= 11 is 18.5. The molecule has 0 bridgehead atoms. The Hall–Kier alpha value is -2.78. The molecule has 0 aliphatic heterocycles. The maximum Gasteiger partial charge on any atom is 0.244 e. The fraction of sp³-hybridized carbons (Fsp3) is 0.259. The predicted octanol–water partition coefficient (Wildman–Crippen LogP) is 5.11. The van der Waals surface area contributed by atoms with E-state index in [0.717, 1.165) is 27.3 Å². The summed E-state index contributed by atoms with van der Waals surface area (Å²) in [7, 11) is -2.50. The van der Waals surface area contributed by atoms with Gasteiger partial charge in [-0.15, -0.1) is 0 Å². The molecule has 0 aliphatic rings. The quantitative estimate of drug-likeness (QED) is 0.330. The van der Waals surface area contributed by atoms with Crippen LogP contribution in [0.1, 0.15) is 16.7 Å². The Kier molecular flexibility index (Phi) is 10.1. The average molecular weight is 597 g/mol. The van der Waals surface area contributed by atoms with Crippen molar-refractivity contribution in [2.75, 3.05) is 24.2 Å². The largest absolute Gasteiger partial charge is 0.357 e. The molecule has 0 aromatic heterocycles. The summed E-state index contributed by atoms with van der Waals surface area (Å²) in [5.41, 5.74) is 2.62. The van der Waals surface area contributed by atoms with Gasteiger partial charge in [-0.1, -0.05) is 95.0 Å². The molecule has 0 fully saturated rings. The Bertz CT molecular complexity index is 1420. The number of nitrogens with zero attached hydrogens (tertiary/aromatic N) is 2. The number of carbonyl (C=O) groups excluding carboxylic acids is 2. The average Bonchev–Trinajstić information content (AvgIpc) is 2.86. The number of amides is 2. The second-order valence-corrected chi connectivity index (χ2v) is 11.9. The van der Waals surface area contributed by atoms with Crippen molar-refractivity contribution in [3.05, 3.63) is 98.5 Å². The number of carbonyl (C=O) groups is 2. The first-order valence-corrected chi connectivity index (χ1v) is 14.6. The molecular formula is C27H28Cl3N3O4S. The van der Waals surface area contributed by atoms with Gasteiger partial charge in [0.05, 0.1) is 27.0 Å². The number of likely N-dealkylation sites (N-methyl/N-ethyl adjacent to an activating group) is 1. The van der Waals surface area contributed by atoms with E-state index in [9.17, 15) is 18.0 Å². The number of sulfonamides is 1. The molecule has 0 saturated carbocycles. The van der Waals surface area contributed by atoms with E-state index in [1.807, 2.05) is 61.5 Å². The Morgan fingerprint density at radius 2 is 1.53 bits per heavy atom. The highest BCUT2D eigenvalue weighted by Crippen LogP contribution is 2.35. The monoisotopic (exact) mass is 595 g/mol. The van der Waals surface area contributed by atoms with Gasteiger partial charge in [0.2, 0.25) is 21.8 Å². The molecule has 0 saturated heterocycles. The van der Waals surface area contributed by atoms with Crippen LogP contribution < -0.4 is 9.62 Å². The third-order valence-electron chi connectivity index (χ3n) is 5.89. The van der Waals surface area contributed by atoms with E-state index in [-0.39, 0.29) is 39.6 Å². The van der Waals surface area contributed by atoms with Crippen molar-refractivity contribution < 1.29 is 18.0 Å². The highest BCUT2D eigenvalue weighted by Gasteiger charge is 2.33. The van der Waals surface area contributed by atoms with E-state index < -0.39 is 28.5 Å². The van der Waals surface area contributed by atoms with Gasteiger partial charge in [-0.05, 0) is 30.2 Å². The first-order chi connectivity index (χ1) is 17.9. The smallest absolute Gasteiger partial charge is 0.244 e. The zero-order chi connectivity index (χ0) is 28.0. The molecule has 11 heteroatoms. The molecule has 3 rings (SSSR count). The number of nitrogens with one attached hydrogen (secondary N) is 1. The van der Waals surface area contributed by atoms with Crippen LogP contribution in [0.25, 0.3) is 0 Å². The van der Waals surface area contributed by atoms with Gasteiger partial charge in [-0.2, -0.15) is 0 Å². The predicted molar refractivity (Wildman–Crippen MR) is 153 cm³/mol. The molecule has 1 atom stereocenters. The molecule has 202 valence electrons. The van der Waals surface area contributed by atoms with Crippen LogP contribution >= 0.6 is 34.8 Å². The minimum atomic E-state index is -3.99. The zero-order valence-corrected chi connectivity index (χ0v) is 24.2. The molecular weight excluding hydrogens is 569 g/mol. The van der Waals surface area contributed by atoms with Gasteiger partial charge < -0.3 is 10.2 Å². The van der Waals surface area contributed by atoms with Crippen LogP contribution in [-0.4, -0.2) is 51.0 Å². The summed E-state index contributed by atoms with van der Waals surface area (Å²) in [6, 6.07) is 18.5. The van der Waals surface area contributed by atoms with Crippen LogP contribution in [0, 0.1) is 6.92 Å². The molecule has 2 amide bonds. The molecule has 3 aromatic rings. The fourth-order valence-electron chi connectivity index (χ4n) is 4.03. The molecule has 0 heterocycles. The second-order valence-electron chi connectivity index (χ2n) is 8.82. The lowest BCUT2D eigenvalue weighted by Crippen LogP contribution is -2.52. The van der Waals surface area contributed by atoms with Crippen LogP contribution in [0.3, 0.4) is 0 Å². The summed E-state index contributed by atoms with van der Waals surface area (Å²) in [5, 5.41) is 2.87. The summed E-state index contributed by atoms with van der Waals surface area (Å²) < 4.78 is 26.5. The van der Waals surface area contributed by atoms with Crippen molar-refractivity contribution in [3.63, 3.8) is 0 Å². The third-order valence-corrected chi connectivity index (χ3v) is 8.04. The van der Waals surface area contributed by atoms with E-state index >= 15 is 0 Å². The Balaban J connectivity index is 2.07. The van der Waals surface area contributed by atoms with Crippen LogP contribution in [-0.2, 0) is 32.6 Å². The topological polar surface area (TPSA) is 86.8 Å². The molecule has 38 heavy (non-hydrogen) atoms. The molecule has 0 spiro atoms. The van der Waals surface area contributed by atoms with Gasteiger partial charge in [-0.25, -0.2) is 8.42 Å². The number of halogens is 3. The van der Waals surface area contributed by atoms with Crippen molar-refractivity contribution in [2.45, 2.75) is 25.9 Å². The lowest BCUT2D eigenvalue weighted by molar-refractivity contribution is -0.139. The summed E-state index contributed by atoms with van der Waals surface area (Å²) in [5.74, 6) is -0.975. The molecule has 1 N–H and O–H groups in total. The number of aryl methyl sites for hydroxylation is 1. The first-order valence-electron chi connectivity index (χ1n) is 11.6. The zero-order valence-electron chi connectivity index (χ0n) is 21.1. The molecule has 0 aliphatic carbocycles.